The van der Waals surface area contributed by atoms with Crippen molar-refractivity contribution in [3.05, 3.63) is 56.8 Å². The van der Waals surface area contributed by atoms with Gasteiger partial charge in [-0.25, -0.2) is 9.18 Å². The molecule has 0 spiro atoms. The second kappa shape index (κ2) is 7.93. The molecule has 0 aliphatic heterocycles. The van der Waals surface area contributed by atoms with Gasteiger partial charge < -0.3 is 15.5 Å². The van der Waals surface area contributed by atoms with E-state index in [0.29, 0.717) is 11.1 Å². The third-order valence-corrected chi connectivity index (χ3v) is 4.45. The lowest BCUT2D eigenvalue weighted by Crippen LogP contribution is -2.21. The number of amides is 1. The third kappa shape index (κ3) is 4.26. The van der Waals surface area contributed by atoms with Crippen LogP contribution >= 0.6 is 23.2 Å². The summed E-state index contributed by atoms with van der Waals surface area (Å²) in [6.45, 7) is 3.53. The van der Waals surface area contributed by atoms with E-state index < -0.39 is 17.7 Å². The highest BCUT2D eigenvalue weighted by Crippen LogP contribution is 2.35. The van der Waals surface area contributed by atoms with Crippen LogP contribution in [0.15, 0.2) is 24.3 Å². The van der Waals surface area contributed by atoms with Gasteiger partial charge in [0, 0.05) is 27.7 Å². The quantitative estimate of drug-likeness (QED) is 0.656. The van der Waals surface area contributed by atoms with E-state index in [1.54, 1.807) is 13.8 Å². The van der Waals surface area contributed by atoms with Crippen LogP contribution in [0.4, 0.5) is 10.1 Å². The summed E-state index contributed by atoms with van der Waals surface area (Å²) in [5.74, 6) is -3.74. The SMILES string of the molecule is CC(C)c1c(O)ccc(Cc2c(Cl)cc(NC(=O)C(=O)O)cc2Cl)c1F. The highest BCUT2D eigenvalue weighted by atomic mass is 35.5. The maximum Gasteiger partial charge on any atom is 0.394 e. The lowest BCUT2D eigenvalue weighted by Gasteiger charge is -2.15. The molecule has 0 fully saturated rings. The minimum absolute atomic E-state index is 0.0661. The highest BCUT2D eigenvalue weighted by Gasteiger charge is 2.19. The van der Waals surface area contributed by atoms with Crippen LogP contribution < -0.4 is 5.32 Å². The van der Waals surface area contributed by atoms with E-state index in [9.17, 15) is 19.1 Å². The fraction of sp³-hybridized carbons (Fsp3) is 0.222. The molecular weight excluding hydrogens is 384 g/mol. The summed E-state index contributed by atoms with van der Waals surface area (Å²) < 4.78 is 14.7. The minimum atomic E-state index is -1.64. The van der Waals surface area contributed by atoms with Gasteiger partial charge in [-0.2, -0.15) is 0 Å². The Kier molecular flexibility index (Phi) is 6.10. The zero-order chi connectivity index (χ0) is 19.6. The van der Waals surface area contributed by atoms with Crippen LogP contribution in [0.25, 0.3) is 0 Å². The summed E-state index contributed by atoms with van der Waals surface area (Å²) in [4.78, 5) is 21.8. The number of carboxylic acids is 1. The summed E-state index contributed by atoms with van der Waals surface area (Å²) in [6, 6.07) is 5.54. The van der Waals surface area contributed by atoms with Gasteiger partial charge in [0.2, 0.25) is 0 Å². The second-order valence-electron chi connectivity index (χ2n) is 5.98. The summed E-state index contributed by atoms with van der Waals surface area (Å²) in [5, 5.41) is 20.9. The lowest BCUT2D eigenvalue weighted by atomic mass is 9.95. The molecule has 0 aliphatic carbocycles. The summed E-state index contributed by atoms with van der Waals surface area (Å²) >= 11 is 12.4. The van der Waals surface area contributed by atoms with Crippen molar-refractivity contribution in [3.63, 3.8) is 0 Å². The largest absolute Gasteiger partial charge is 0.508 e. The Bertz CT molecular complexity index is 861. The van der Waals surface area contributed by atoms with Crippen molar-refractivity contribution in [2.45, 2.75) is 26.2 Å². The van der Waals surface area contributed by atoms with Crippen molar-refractivity contribution in [1.82, 2.24) is 0 Å². The number of nitrogens with one attached hydrogen (secondary N) is 1. The topological polar surface area (TPSA) is 86.6 Å². The first-order chi connectivity index (χ1) is 12.1. The van der Waals surface area contributed by atoms with Gasteiger partial charge in [0.05, 0.1) is 0 Å². The number of hydrogen-bond donors (Lipinski definition) is 3. The molecule has 0 saturated carbocycles. The van der Waals surface area contributed by atoms with E-state index in [4.69, 9.17) is 28.3 Å². The fourth-order valence-electron chi connectivity index (χ4n) is 2.53. The molecule has 5 nitrogen and oxygen atoms in total. The molecule has 0 aromatic heterocycles. The van der Waals surface area contributed by atoms with E-state index in [2.05, 4.69) is 5.32 Å². The third-order valence-electron chi connectivity index (χ3n) is 3.77. The number of rotatable bonds is 4. The number of anilines is 1. The van der Waals surface area contributed by atoms with Gasteiger partial charge in [0.15, 0.2) is 0 Å². The predicted octanol–water partition coefficient (Wildman–Crippen LogP) is 4.58. The molecular formula is C18H16Cl2FNO4. The number of aromatic hydroxyl groups is 1. The second-order valence-corrected chi connectivity index (χ2v) is 6.80. The van der Waals surface area contributed by atoms with Crippen molar-refractivity contribution in [2.75, 3.05) is 5.32 Å². The van der Waals surface area contributed by atoms with Gasteiger partial charge in [-0.15, -0.1) is 0 Å². The van der Waals surface area contributed by atoms with Crippen LogP contribution in [0.1, 0.15) is 36.5 Å². The van der Waals surface area contributed by atoms with E-state index in [0.717, 1.165) is 0 Å². The van der Waals surface area contributed by atoms with Gasteiger partial charge in [0.25, 0.3) is 0 Å². The Morgan fingerprint density at radius 2 is 1.77 bits per heavy atom. The first-order valence-electron chi connectivity index (χ1n) is 7.64. The molecule has 0 bridgehead atoms. The first-order valence-corrected chi connectivity index (χ1v) is 8.39. The van der Waals surface area contributed by atoms with Gasteiger partial charge in [-0.1, -0.05) is 43.1 Å². The molecule has 2 rings (SSSR count). The average molecular weight is 400 g/mol. The summed E-state index contributed by atoms with van der Waals surface area (Å²) in [6.07, 6.45) is 0.0661. The van der Waals surface area contributed by atoms with Crippen LogP contribution in [0.5, 0.6) is 5.75 Å². The van der Waals surface area contributed by atoms with Crippen molar-refractivity contribution < 1.29 is 24.2 Å². The van der Waals surface area contributed by atoms with Crippen molar-refractivity contribution in [1.29, 1.82) is 0 Å². The van der Waals surface area contributed by atoms with E-state index in [-0.39, 0.29) is 39.4 Å². The van der Waals surface area contributed by atoms with Crippen LogP contribution in [0.3, 0.4) is 0 Å². The monoisotopic (exact) mass is 399 g/mol. The number of hydrogen-bond acceptors (Lipinski definition) is 3. The van der Waals surface area contributed by atoms with Crippen molar-refractivity contribution >= 4 is 40.8 Å². The normalized spacial score (nSPS) is 10.8. The zero-order valence-corrected chi connectivity index (χ0v) is 15.5. The molecule has 26 heavy (non-hydrogen) atoms. The molecule has 0 aliphatic rings. The number of aliphatic carboxylic acids is 1. The molecule has 1 amide bonds. The standard InChI is InChI=1S/C18H16Cl2FNO4/c1-8(2)15-14(23)4-3-9(16(15)21)5-11-12(19)6-10(7-13(11)20)22-17(24)18(25)26/h3-4,6-8,23H,5H2,1-2H3,(H,22,24)(H,25,26). The Labute approximate surface area is 159 Å². The Hall–Kier alpha value is -2.31. The highest BCUT2D eigenvalue weighted by molar-refractivity contribution is 6.38. The fourth-order valence-corrected chi connectivity index (χ4v) is 3.15. The van der Waals surface area contributed by atoms with Gasteiger partial charge in [-0.3, -0.25) is 4.79 Å². The number of carbonyl (C=O) groups excluding carboxylic acids is 1. The molecule has 8 heteroatoms. The number of carbonyl (C=O) groups is 2. The zero-order valence-electron chi connectivity index (χ0n) is 13.9. The van der Waals surface area contributed by atoms with Gasteiger partial charge >= 0.3 is 11.9 Å². The molecule has 138 valence electrons. The summed E-state index contributed by atoms with van der Waals surface area (Å²) in [5.41, 5.74) is 1.05. The Morgan fingerprint density at radius 3 is 2.27 bits per heavy atom. The lowest BCUT2D eigenvalue weighted by molar-refractivity contribution is -0.147. The van der Waals surface area contributed by atoms with Crippen LogP contribution in [-0.4, -0.2) is 22.1 Å². The smallest absolute Gasteiger partial charge is 0.394 e. The molecule has 3 N–H and O–H groups in total. The van der Waals surface area contributed by atoms with Crippen LogP contribution in [0, 0.1) is 5.82 Å². The van der Waals surface area contributed by atoms with Crippen molar-refractivity contribution in [3.8, 4) is 5.75 Å². The van der Waals surface area contributed by atoms with E-state index >= 15 is 0 Å². The maximum absolute atomic E-state index is 14.7. The molecule has 0 radical (unpaired) electrons. The van der Waals surface area contributed by atoms with Crippen LogP contribution in [-0.2, 0) is 16.0 Å². The average Bonchev–Trinajstić information content (AvgIpc) is 2.52. The molecule has 0 unspecified atom stereocenters. The number of halogens is 3. The first kappa shape index (κ1) is 20.0. The molecule has 0 saturated heterocycles. The Balaban J connectivity index is 2.38. The Morgan fingerprint density at radius 1 is 1.19 bits per heavy atom. The van der Waals surface area contributed by atoms with Crippen LogP contribution in [0.2, 0.25) is 10.0 Å². The van der Waals surface area contributed by atoms with Gasteiger partial charge in [0.1, 0.15) is 11.6 Å². The van der Waals surface area contributed by atoms with E-state index in [1.165, 1.54) is 24.3 Å². The number of carboxylic acid groups (broad SMARTS) is 1. The molecule has 2 aromatic carbocycles. The summed E-state index contributed by atoms with van der Waals surface area (Å²) in [7, 11) is 0. The van der Waals surface area contributed by atoms with Crippen molar-refractivity contribution in [2.24, 2.45) is 0 Å². The van der Waals surface area contributed by atoms with E-state index in [1.807, 2.05) is 0 Å². The predicted molar refractivity (Wildman–Crippen MR) is 97.7 cm³/mol. The number of phenols is 1. The molecule has 0 heterocycles. The molecule has 0 atom stereocenters. The molecule has 2 aromatic rings. The number of phenolic OH excluding ortho intramolecular Hbond substituents is 1. The number of benzene rings is 2. The minimum Gasteiger partial charge on any atom is -0.508 e. The maximum atomic E-state index is 14.7. The van der Waals surface area contributed by atoms with Gasteiger partial charge in [-0.05, 0) is 35.2 Å².